The molecule has 1 aliphatic carbocycles. The highest BCUT2D eigenvalue weighted by molar-refractivity contribution is 6.36. The van der Waals surface area contributed by atoms with Crippen molar-refractivity contribution in [2.75, 3.05) is 0 Å². The van der Waals surface area contributed by atoms with Crippen molar-refractivity contribution in [1.29, 1.82) is 0 Å². The Balaban J connectivity index is 1.51. The first-order valence-electron chi connectivity index (χ1n) is 7.81. The van der Waals surface area contributed by atoms with Gasteiger partial charge >= 0.3 is 6.01 Å². The van der Waals surface area contributed by atoms with E-state index in [-0.39, 0.29) is 18.1 Å². The number of carbonyl (C=O) groups is 1. The summed E-state index contributed by atoms with van der Waals surface area (Å²) in [6.07, 6.45) is 6.77. The molecule has 1 N–H and O–H groups in total. The van der Waals surface area contributed by atoms with Crippen LogP contribution in [0.4, 0.5) is 0 Å². The van der Waals surface area contributed by atoms with Crippen molar-refractivity contribution in [3.8, 4) is 6.01 Å². The van der Waals surface area contributed by atoms with Gasteiger partial charge in [0.2, 0.25) is 0 Å². The fourth-order valence-corrected chi connectivity index (χ4v) is 3.25. The van der Waals surface area contributed by atoms with Crippen molar-refractivity contribution in [2.24, 2.45) is 0 Å². The fraction of sp³-hybridized carbons (Fsp3) is 0.353. The number of benzene rings is 1. The molecule has 0 spiro atoms. The number of carbonyl (C=O) groups excluding carboxylic acids is 1. The van der Waals surface area contributed by atoms with Gasteiger partial charge in [0, 0.05) is 23.5 Å². The van der Waals surface area contributed by atoms with Crippen LogP contribution in [0.25, 0.3) is 0 Å². The molecule has 0 atom stereocenters. The standard InChI is InChI=1S/C17H17Cl2N3O2/c18-11-2-7-14(15(19)10-11)16(23)22-12-3-5-13(6-4-12)24-17-20-8-1-9-21-17/h1-2,7-10,12-13H,3-6H2,(H,22,23). The Morgan fingerprint density at radius 1 is 1.12 bits per heavy atom. The van der Waals surface area contributed by atoms with Crippen molar-refractivity contribution in [1.82, 2.24) is 15.3 Å². The van der Waals surface area contributed by atoms with E-state index in [1.807, 2.05) is 0 Å². The van der Waals surface area contributed by atoms with E-state index in [1.54, 1.807) is 36.7 Å². The molecule has 5 nitrogen and oxygen atoms in total. The number of hydrogen-bond acceptors (Lipinski definition) is 4. The third-order valence-corrected chi connectivity index (χ3v) is 4.55. The van der Waals surface area contributed by atoms with Crippen LogP contribution in [-0.4, -0.2) is 28.0 Å². The first kappa shape index (κ1) is 17.0. The van der Waals surface area contributed by atoms with Crippen LogP contribution in [0, 0.1) is 0 Å². The van der Waals surface area contributed by atoms with Gasteiger partial charge < -0.3 is 10.1 Å². The molecular weight excluding hydrogens is 349 g/mol. The predicted molar refractivity (Wildman–Crippen MR) is 92.6 cm³/mol. The highest BCUT2D eigenvalue weighted by atomic mass is 35.5. The van der Waals surface area contributed by atoms with Gasteiger partial charge in [-0.1, -0.05) is 23.2 Å². The van der Waals surface area contributed by atoms with Gasteiger partial charge in [-0.3, -0.25) is 4.79 Å². The summed E-state index contributed by atoms with van der Waals surface area (Å²) in [5, 5.41) is 3.90. The van der Waals surface area contributed by atoms with Gasteiger partial charge in [0.25, 0.3) is 5.91 Å². The Morgan fingerprint density at radius 2 is 1.83 bits per heavy atom. The maximum atomic E-state index is 12.3. The molecule has 1 saturated carbocycles. The van der Waals surface area contributed by atoms with E-state index < -0.39 is 0 Å². The van der Waals surface area contributed by atoms with E-state index in [9.17, 15) is 4.79 Å². The Bertz CT molecular complexity index is 704. The van der Waals surface area contributed by atoms with E-state index in [2.05, 4.69) is 15.3 Å². The second-order valence-corrected chi connectivity index (χ2v) is 6.56. The Labute approximate surface area is 150 Å². The van der Waals surface area contributed by atoms with Crippen molar-refractivity contribution < 1.29 is 9.53 Å². The number of halogens is 2. The zero-order chi connectivity index (χ0) is 16.9. The Kier molecular flexibility index (Phi) is 5.53. The molecule has 0 aliphatic heterocycles. The molecule has 2 aromatic rings. The van der Waals surface area contributed by atoms with Gasteiger partial charge in [0.1, 0.15) is 6.10 Å². The highest BCUT2D eigenvalue weighted by Gasteiger charge is 2.25. The molecule has 1 fully saturated rings. The summed E-state index contributed by atoms with van der Waals surface area (Å²) in [5.74, 6) is -0.174. The van der Waals surface area contributed by atoms with Gasteiger partial charge in [-0.15, -0.1) is 0 Å². The number of nitrogens with zero attached hydrogens (tertiary/aromatic N) is 2. The SMILES string of the molecule is O=C(NC1CCC(Oc2ncccn2)CC1)c1ccc(Cl)cc1Cl. The van der Waals surface area contributed by atoms with Gasteiger partial charge in [-0.2, -0.15) is 0 Å². The van der Waals surface area contributed by atoms with Crippen molar-refractivity contribution in [3.05, 3.63) is 52.3 Å². The van der Waals surface area contributed by atoms with E-state index in [0.29, 0.717) is 21.6 Å². The third-order valence-electron chi connectivity index (χ3n) is 4.00. The minimum Gasteiger partial charge on any atom is -0.460 e. The van der Waals surface area contributed by atoms with Crippen LogP contribution < -0.4 is 10.1 Å². The zero-order valence-corrected chi connectivity index (χ0v) is 14.4. The van der Waals surface area contributed by atoms with Gasteiger partial charge in [0.15, 0.2) is 0 Å². The summed E-state index contributed by atoms with van der Waals surface area (Å²) in [7, 11) is 0. The van der Waals surface area contributed by atoms with Crippen LogP contribution in [0.2, 0.25) is 10.0 Å². The monoisotopic (exact) mass is 365 g/mol. The molecule has 0 radical (unpaired) electrons. The molecule has 126 valence electrons. The maximum Gasteiger partial charge on any atom is 0.316 e. The molecule has 1 heterocycles. The van der Waals surface area contributed by atoms with Crippen LogP contribution >= 0.6 is 23.2 Å². The summed E-state index contributed by atoms with van der Waals surface area (Å²) in [5.41, 5.74) is 0.442. The topological polar surface area (TPSA) is 64.1 Å². The average molecular weight is 366 g/mol. The molecule has 1 aliphatic rings. The van der Waals surface area contributed by atoms with Crippen molar-refractivity contribution >= 4 is 29.1 Å². The Morgan fingerprint density at radius 3 is 2.50 bits per heavy atom. The minimum absolute atomic E-state index is 0.0830. The molecule has 7 heteroatoms. The molecule has 1 aromatic heterocycles. The summed E-state index contributed by atoms with van der Waals surface area (Å²) < 4.78 is 5.75. The quantitative estimate of drug-likeness (QED) is 0.891. The normalized spacial score (nSPS) is 20.4. The molecule has 0 bridgehead atoms. The van der Waals surface area contributed by atoms with Gasteiger partial charge in [-0.05, 0) is 49.9 Å². The first-order chi connectivity index (χ1) is 11.6. The Hall–Kier alpha value is -1.85. The van der Waals surface area contributed by atoms with E-state index in [0.717, 1.165) is 25.7 Å². The van der Waals surface area contributed by atoms with Gasteiger partial charge in [-0.25, -0.2) is 9.97 Å². The second kappa shape index (κ2) is 7.81. The lowest BCUT2D eigenvalue weighted by atomic mass is 9.92. The first-order valence-corrected chi connectivity index (χ1v) is 8.57. The molecule has 1 aromatic carbocycles. The number of hydrogen-bond donors (Lipinski definition) is 1. The van der Waals surface area contributed by atoms with Crippen LogP contribution in [0.5, 0.6) is 6.01 Å². The molecule has 0 saturated heterocycles. The smallest absolute Gasteiger partial charge is 0.316 e. The summed E-state index contributed by atoms with van der Waals surface area (Å²) >= 11 is 11.9. The molecular formula is C17H17Cl2N3O2. The second-order valence-electron chi connectivity index (χ2n) is 5.72. The summed E-state index contributed by atoms with van der Waals surface area (Å²) in [6, 6.07) is 7.14. The van der Waals surface area contributed by atoms with Crippen LogP contribution in [0.15, 0.2) is 36.7 Å². The van der Waals surface area contributed by atoms with Crippen LogP contribution in [0.1, 0.15) is 36.0 Å². The lowest BCUT2D eigenvalue weighted by Gasteiger charge is -2.28. The molecule has 0 unspecified atom stereocenters. The average Bonchev–Trinajstić information content (AvgIpc) is 2.57. The number of rotatable bonds is 4. The largest absolute Gasteiger partial charge is 0.460 e. The molecule has 24 heavy (non-hydrogen) atoms. The van der Waals surface area contributed by atoms with Crippen LogP contribution in [0.3, 0.4) is 0 Å². The van der Waals surface area contributed by atoms with Gasteiger partial charge in [0.05, 0.1) is 10.6 Å². The lowest BCUT2D eigenvalue weighted by Crippen LogP contribution is -2.39. The minimum atomic E-state index is -0.174. The van der Waals surface area contributed by atoms with E-state index in [4.69, 9.17) is 27.9 Å². The number of aromatic nitrogens is 2. The predicted octanol–water partition coefficient (Wildman–Crippen LogP) is 3.90. The summed E-state index contributed by atoms with van der Waals surface area (Å²) in [6.45, 7) is 0. The van der Waals surface area contributed by atoms with E-state index in [1.165, 1.54) is 0 Å². The third kappa shape index (κ3) is 4.36. The highest BCUT2D eigenvalue weighted by Crippen LogP contribution is 2.24. The maximum absolute atomic E-state index is 12.3. The fourth-order valence-electron chi connectivity index (χ4n) is 2.76. The number of nitrogens with one attached hydrogen (secondary N) is 1. The molecule has 1 amide bonds. The lowest BCUT2D eigenvalue weighted by molar-refractivity contribution is 0.0885. The number of ether oxygens (including phenoxy) is 1. The van der Waals surface area contributed by atoms with Crippen LogP contribution in [-0.2, 0) is 0 Å². The van der Waals surface area contributed by atoms with Crippen molar-refractivity contribution in [3.63, 3.8) is 0 Å². The number of amides is 1. The molecule has 3 rings (SSSR count). The van der Waals surface area contributed by atoms with E-state index >= 15 is 0 Å². The summed E-state index contributed by atoms with van der Waals surface area (Å²) in [4.78, 5) is 20.5. The zero-order valence-electron chi connectivity index (χ0n) is 12.9. The van der Waals surface area contributed by atoms with Crippen molar-refractivity contribution in [2.45, 2.75) is 37.8 Å².